The maximum absolute atomic E-state index is 11.5. The van der Waals surface area contributed by atoms with Gasteiger partial charge in [-0.15, -0.1) is 0 Å². The van der Waals surface area contributed by atoms with Crippen LogP contribution in [0.1, 0.15) is 6.42 Å². The largest absolute Gasteiger partial charge is 0.313 e. The molecular formula is C7H9BrNO2P. The molecule has 2 fully saturated rings. The highest BCUT2D eigenvalue weighted by Gasteiger charge is 2.56. The first-order valence-electron chi connectivity index (χ1n) is 3.84. The minimum Gasteiger partial charge on any atom is -0.313 e. The first kappa shape index (κ1) is 8.64. The Morgan fingerprint density at radius 2 is 2.25 bits per heavy atom. The number of carbonyl (C=O) groups excluding carboxylic acids is 2. The van der Waals surface area contributed by atoms with Crippen LogP contribution < -0.4 is 0 Å². The summed E-state index contributed by atoms with van der Waals surface area (Å²) in [6.07, 6.45) is 0.445. The second-order valence-corrected chi connectivity index (χ2v) is 5.08. The Morgan fingerprint density at radius 1 is 1.58 bits per heavy atom. The number of nitrogens with zero attached hydrogens (tertiary/aromatic N) is 1. The number of Topliss-reactive ketones (excluding diaryl/α,β-unsaturated/α-hetero) is 1. The zero-order valence-corrected chi connectivity index (χ0v) is 9.17. The van der Waals surface area contributed by atoms with Gasteiger partial charge in [0.25, 0.3) is 0 Å². The van der Waals surface area contributed by atoms with Crippen LogP contribution in [0.3, 0.4) is 0 Å². The third-order valence-electron chi connectivity index (χ3n) is 2.51. The third kappa shape index (κ3) is 0.912. The van der Waals surface area contributed by atoms with Gasteiger partial charge in [-0.2, -0.15) is 0 Å². The fraction of sp³-hybridized carbons (Fsp3) is 0.714. The van der Waals surface area contributed by atoms with Crippen LogP contribution in [-0.2, 0) is 9.59 Å². The van der Waals surface area contributed by atoms with E-state index in [1.54, 1.807) is 4.67 Å². The minimum absolute atomic E-state index is 0.0740. The van der Waals surface area contributed by atoms with Gasteiger partial charge in [0.05, 0.1) is 10.7 Å². The van der Waals surface area contributed by atoms with E-state index in [1.807, 2.05) is 6.66 Å². The number of ketones is 1. The summed E-state index contributed by atoms with van der Waals surface area (Å²) < 4.78 is 1.70. The van der Waals surface area contributed by atoms with E-state index in [0.29, 0.717) is 15.2 Å². The monoisotopic (exact) mass is 249 g/mol. The van der Waals surface area contributed by atoms with Crippen molar-refractivity contribution >= 4 is 36.4 Å². The summed E-state index contributed by atoms with van der Waals surface area (Å²) in [5.41, 5.74) is 0. The molecule has 1 aliphatic carbocycles. The Labute approximate surface area is 80.8 Å². The van der Waals surface area contributed by atoms with Gasteiger partial charge in [0.2, 0.25) is 5.91 Å². The Morgan fingerprint density at radius 3 is 2.67 bits per heavy atom. The summed E-state index contributed by atoms with van der Waals surface area (Å²) in [6, 6.07) is -0.161. The molecule has 1 amide bonds. The first-order valence-corrected chi connectivity index (χ1v) is 6.20. The van der Waals surface area contributed by atoms with Crippen LogP contribution in [0.15, 0.2) is 0 Å². The molecule has 0 radical (unpaired) electrons. The van der Waals surface area contributed by atoms with Crippen molar-refractivity contribution < 1.29 is 9.59 Å². The van der Waals surface area contributed by atoms with Crippen LogP contribution in [-0.4, -0.2) is 33.9 Å². The molecule has 1 aliphatic heterocycles. The van der Waals surface area contributed by atoms with E-state index < -0.39 is 0 Å². The lowest BCUT2D eigenvalue weighted by Crippen LogP contribution is -2.37. The van der Waals surface area contributed by atoms with Crippen molar-refractivity contribution in [3.05, 3.63) is 0 Å². The highest BCUT2D eigenvalue weighted by Crippen LogP contribution is 2.45. The van der Waals surface area contributed by atoms with Crippen molar-refractivity contribution in [2.75, 3.05) is 6.66 Å². The number of hydrogen-bond donors (Lipinski definition) is 0. The molecule has 1 saturated carbocycles. The van der Waals surface area contributed by atoms with E-state index >= 15 is 0 Å². The van der Waals surface area contributed by atoms with Crippen LogP contribution in [0.4, 0.5) is 0 Å². The average Bonchev–Trinajstić information content (AvgIpc) is 2.42. The van der Waals surface area contributed by atoms with E-state index in [-0.39, 0.29) is 28.5 Å². The molecule has 2 rings (SSSR count). The maximum Gasteiger partial charge on any atom is 0.231 e. The summed E-state index contributed by atoms with van der Waals surface area (Å²) in [7, 11) is 0.414. The number of alkyl halides is 1. The quantitative estimate of drug-likeness (QED) is 0.509. The molecular weight excluding hydrogens is 241 g/mol. The SMILES string of the molecule is CPN1C(=O)C2CC(=O)C1C2Br. The highest BCUT2D eigenvalue weighted by molar-refractivity contribution is 9.09. The Hall–Kier alpha value is 0.0500. The summed E-state index contributed by atoms with van der Waals surface area (Å²) in [5.74, 6) is 0.299. The van der Waals surface area contributed by atoms with Crippen molar-refractivity contribution in [2.24, 2.45) is 5.92 Å². The third-order valence-corrected chi connectivity index (χ3v) is 4.63. The zero-order chi connectivity index (χ0) is 8.88. The molecule has 0 aromatic carbocycles. The van der Waals surface area contributed by atoms with E-state index in [4.69, 9.17) is 0 Å². The predicted octanol–water partition coefficient (Wildman–Crippen LogP) is 0.773. The Balaban J connectivity index is 2.33. The van der Waals surface area contributed by atoms with E-state index in [9.17, 15) is 9.59 Å². The molecule has 4 unspecified atom stereocenters. The van der Waals surface area contributed by atoms with Gasteiger partial charge in [-0.1, -0.05) is 15.9 Å². The second-order valence-electron chi connectivity index (χ2n) is 3.10. The fourth-order valence-electron chi connectivity index (χ4n) is 1.92. The molecule has 2 bridgehead atoms. The number of carbonyl (C=O) groups is 2. The van der Waals surface area contributed by atoms with E-state index in [0.717, 1.165) is 0 Å². The zero-order valence-electron chi connectivity index (χ0n) is 6.58. The lowest BCUT2D eigenvalue weighted by molar-refractivity contribution is -0.135. The number of amides is 1. The van der Waals surface area contributed by atoms with Gasteiger partial charge in [-0.05, 0) is 15.4 Å². The van der Waals surface area contributed by atoms with Crippen molar-refractivity contribution in [2.45, 2.75) is 17.3 Å². The maximum atomic E-state index is 11.5. The standard InChI is InChI=1S/C7H9BrNO2P/c1-12-9-6-4(10)2-3(5(6)8)7(9)11/h3,5-6,12H,2H2,1H3. The van der Waals surface area contributed by atoms with Crippen molar-refractivity contribution in [3.63, 3.8) is 0 Å². The molecule has 0 spiro atoms. The topological polar surface area (TPSA) is 37.4 Å². The molecule has 66 valence electrons. The summed E-state index contributed by atoms with van der Waals surface area (Å²) >= 11 is 3.41. The fourth-order valence-corrected chi connectivity index (χ4v) is 4.05. The number of piperidine rings is 1. The minimum atomic E-state index is -0.161. The average molecular weight is 250 g/mol. The van der Waals surface area contributed by atoms with Crippen LogP contribution in [0.2, 0.25) is 0 Å². The number of rotatable bonds is 1. The smallest absolute Gasteiger partial charge is 0.231 e. The number of hydrogen-bond acceptors (Lipinski definition) is 2. The lowest BCUT2D eigenvalue weighted by atomic mass is 10.1. The van der Waals surface area contributed by atoms with Gasteiger partial charge >= 0.3 is 0 Å². The van der Waals surface area contributed by atoms with Crippen molar-refractivity contribution in [1.82, 2.24) is 4.67 Å². The van der Waals surface area contributed by atoms with Gasteiger partial charge in [-0.3, -0.25) is 9.59 Å². The van der Waals surface area contributed by atoms with Gasteiger partial charge < -0.3 is 4.67 Å². The molecule has 4 atom stereocenters. The number of halogens is 1. The molecule has 0 aromatic heterocycles. The van der Waals surface area contributed by atoms with Gasteiger partial charge in [0, 0.05) is 6.42 Å². The molecule has 0 N–H and O–H groups in total. The predicted molar refractivity (Wildman–Crippen MR) is 50.7 cm³/mol. The van der Waals surface area contributed by atoms with Crippen LogP contribution in [0.25, 0.3) is 0 Å². The Kier molecular flexibility index (Phi) is 2.00. The second kappa shape index (κ2) is 2.78. The van der Waals surface area contributed by atoms with Crippen LogP contribution in [0.5, 0.6) is 0 Å². The molecule has 12 heavy (non-hydrogen) atoms. The summed E-state index contributed by atoms with van der Waals surface area (Å²) in [4.78, 5) is 22.9. The van der Waals surface area contributed by atoms with Gasteiger partial charge in [-0.25, -0.2) is 0 Å². The molecule has 1 saturated heterocycles. The van der Waals surface area contributed by atoms with E-state index in [1.165, 1.54) is 0 Å². The molecule has 2 aliphatic rings. The van der Waals surface area contributed by atoms with Gasteiger partial charge in [0.15, 0.2) is 5.78 Å². The number of fused-ring (bicyclic) bond motifs is 2. The normalized spacial score (nSPS) is 40.8. The highest BCUT2D eigenvalue weighted by atomic mass is 79.9. The summed E-state index contributed by atoms with van der Waals surface area (Å²) in [5, 5.41) is 0. The van der Waals surface area contributed by atoms with Crippen molar-refractivity contribution in [3.8, 4) is 0 Å². The molecule has 0 aromatic rings. The molecule has 5 heteroatoms. The van der Waals surface area contributed by atoms with Crippen molar-refractivity contribution in [1.29, 1.82) is 0 Å². The Bertz CT molecular complexity index is 258. The summed E-state index contributed by atoms with van der Waals surface area (Å²) in [6.45, 7) is 1.94. The lowest BCUT2D eigenvalue weighted by Gasteiger charge is -2.23. The molecule has 3 nitrogen and oxygen atoms in total. The molecule has 1 heterocycles. The van der Waals surface area contributed by atoms with Gasteiger partial charge in [0.1, 0.15) is 6.04 Å². The van der Waals surface area contributed by atoms with E-state index in [2.05, 4.69) is 15.9 Å². The first-order chi connectivity index (χ1) is 5.66. The van der Waals surface area contributed by atoms with Crippen LogP contribution in [0, 0.1) is 5.92 Å². The van der Waals surface area contributed by atoms with Crippen LogP contribution >= 0.6 is 24.7 Å².